The van der Waals surface area contributed by atoms with Crippen LogP contribution in [-0.4, -0.2) is 22.6 Å². The maximum Gasteiger partial charge on any atom is 0.132 e. The van der Waals surface area contributed by atoms with Crippen molar-refractivity contribution < 1.29 is 0 Å². The van der Waals surface area contributed by atoms with Crippen molar-refractivity contribution in [3.63, 3.8) is 0 Å². The van der Waals surface area contributed by atoms with Crippen LogP contribution >= 0.6 is 0 Å². The Bertz CT molecular complexity index is 397. The minimum atomic E-state index is 0.570. The number of aromatic nitrogens is 2. The zero-order chi connectivity index (χ0) is 12.8. The molecule has 1 fully saturated rings. The summed E-state index contributed by atoms with van der Waals surface area (Å²) in [6, 6.07) is 2.55. The van der Waals surface area contributed by atoms with Crippen LogP contribution in [0.4, 0.5) is 11.6 Å². The molecule has 98 valence electrons. The topological polar surface area (TPSA) is 49.8 Å². The Morgan fingerprint density at radius 2 is 2.00 bits per heavy atom. The summed E-state index contributed by atoms with van der Waals surface area (Å²) in [6.07, 6.45) is 8.34. The second-order valence-corrected chi connectivity index (χ2v) is 4.83. The second kappa shape index (κ2) is 6.38. The van der Waals surface area contributed by atoms with Crippen molar-refractivity contribution in [2.24, 2.45) is 0 Å². The number of rotatable bonds is 5. The predicted molar refractivity (Wildman–Crippen MR) is 76.0 cm³/mol. The largest absolute Gasteiger partial charge is 0.367 e. The number of nitrogens with zero attached hydrogens (tertiary/aromatic N) is 2. The van der Waals surface area contributed by atoms with E-state index < -0.39 is 0 Å². The summed E-state index contributed by atoms with van der Waals surface area (Å²) in [7, 11) is 0. The van der Waals surface area contributed by atoms with E-state index in [1.807, 2.05) is 19.1 Å². The van der Waals surface area contributed by atoms with Crippen molar-refractivity contribution in [2.75, 3.05) is 17.2 Å². The van der Waals surface area contributed by atoms with Gasteiger partial charge in [0.15, 0.2) is 0 Å². The third-order valence-electron chi connectivity index (χ3n) is 3.22. The van der Waals surface area contributed by atoms with E-state index >= 15 is 0 Å². The molecule has 1 saturated carbocycles. The number of hydrogen-bond donors (Lipinski definition) is 2. The summed E-state index contributed by atoms with van der Waals surface area (Å²) in [4.78, 5) is 8.80. The van der Waals surface area contributed by atoms with Crippen LogP contribution in [0.25, 0.3) is 0 Å². The molecule has 0 aromatic carbocycles. The Hall–Kier alpha value is -1.58. The molecule has 4 heteroatoms. The number of nitrogens with one attached hydrogen (secondary N) is 2. The average molecular weight is 246 g/mol. The third-order valence-corrected chi connectivity index (χ3v) is 3.22. The van der Waals surface area contributed by atoms with Gasteiger partial charge in [-0.1, -0.05) is 25.3 Å². The summed E-state index contributed by atoms with van der Waals surface area (Å²) in [6.45, 7) is 6.34. The van der Waals surface area contributed by atoms with E-state index in [0.717, 1.165) is 24.0 Å². The summed E-state index contributed by atoms with van der Waals surface area (Å²) >= 11 is 0. The molecule has 1 aromatic heterocycles. The molecule has 2 rings (SSSR count). The van der Waals surface area contributed by atoms with Crippen LogP contribution in [0.2, 0.25) is 0 Å². The minimum absolute atomic E-state index is 0.570. The molecule has 0 radical (unpaired) electrons. The summed E-state index contributed by atoms with van der Waals surface area (Å²) in [5, 5.41) is 6.73. The van der Waals surface area contributed by atoms with E-state index in [-0.39, 0.29) is 0 Å². The van der Waals surface area contributed by atoms with Gasteiger partial charge in [0.1, 0.15) is 17.5 Å². The van der Waals surface area contributed by atoms with Crippen molar-refractivity contribution >= 4 is 11.6 Å². The molecule has 1 aromatic rings. The first-order valence-corrected chi connectivity index (χ1v) is 6.75. The van der Waals surface area contributed by atoms with Gasteiger partial charge >= 0.3 is 0 Å². The van der Waals surface area contributed by atoms with Crippen LogP contribution in [0, 0.1) is 6.92 Å². The molecule has 0 unspecified atom stereocenters. The van der Waals surface area contributed by atoms with Crippen molar-refractivity contribution in [1.82, 2.24) is 9.97 Å². The predicted octanol–water partition coefficient (Wildman–Crippen LogP) is 3.13. The summed E-state index contributed by atoms with van der Waals surface area (Å²) < 4.78 is 0. The highest BCUT2D eigenvalue weighted by molar-refractivity contribution is 5.48. The molecule has 18 heavy (non-hydrogen) atoms. The summed E-state index contributed by atoms with van der Waals surface area (Å²) in [5.74, 6) is 2.59. The Labute approximate surface area is 109 Å². The van der Waals surface area contributed by atoms with Crippen LogP contribution in [0.5, 0.6) is 0 Å². The molecule has 0 atom stereocenters. The molecule has 1 aliphatic rings. The molecule has 1 heterocycles. The van der Waals surface area contributed by atoms with Crippen LogP contribution in [0.1, 0.15) is 37.9 Å². The van der Waals surface area contributed by atoms with Gasteiger partial charge in [0.25, 0.3) is 0 Å². The van der Waals surface area contributed by atoms with Crippen LogP contribution < -0.4 is 10.6 Å². The van der Waals surface area contributed by atoms with Crippen LogP contribution in [0.3, 0.4) is 0 Å². The Morgan fingerprint density at radius 1 is 1.28 bits per heavy atom. The molecule has 0 aliphatic heterocycles. The molecular weight excluding hydrogens is 224 g/mol. The Morgan fingerprint density at radius 3 is 2.72 bits per heavy atom. The van der Waals surface area contributed by atoms with Gasteiger partial charge in [-0.25, -0.2) is 9.97 Å². The highest BCUT2D eigenvalue weighted by Crippen LogP contribution is 2.21. The zero-order valence-electron chi connectivity index (χ0n) is 11.1. The highest BCUT2D eigenvalue weighted by atomic mass is 15.1. The van der Waals surface area contributed by atoms with Crippen LogP contribution in [-0.2, 0) is 0 Å². The molecule has 0 spiro atoms. The van der Waals surface area contributed by atoms with Crippen LogP contribution in [0.15, 0.2) is 18.7 Å². The van der Waals surface area contributed by atoms with Gasteiger partial charge in [-0.2, -0.15) is 0 Å². The first kappa shape index (κ1) is 12.9. The van der Waals surface area contributed by atoms with E-state index in [1.165, 1.54) is 32.1 Å². The monoisotopic (exact) mass is 246 g/mol. The van der Waals surface area contributed by atoms with Gasteiger partial charge in [-0.3, -0.25) is 0 Å². The van der Waals surface area contributed by atoms with E-state index in [2.05, 4.69) is 27.2 Å². The lowest BCUT2D eigenvalue weighted by atomic mass is 9.95. The van der Waals surface area contributed by atoms with E-state index in [0.29, 0.717) is 6.04 Å². The lowest BCUT2D eigenvalue weighted by molar-refractivity contribution is 0.462. The quantitative estimate of drug-likeness (QED) is 0.784. The highest BCUT2D eigenvalue weighted by Gasteiger charge is 2.13. The third kappa shape index (κ3) is 3.72. The SMILES string of the molecule is C=CCNc1cc(NC2CCCCC2)nc(C)n1. The number of hydrogen-bond acceptors (Lipinski definition) is 4. The zero-order valence-corrected chi connectivity index (χ0v) is 11.1. The Balaban J connectivity index is 2.01. The normalized spacial score (nSPS) is 16.3. The maximum absolute atomic E-state index is 4.45. The van der Waals surface area contributed by atoms with Crippen molar-refractivity contribution in [2.45, 2.75) is 45.1 Å². The smallest absolute Gasteiger partial charge is 0.132 e. The van der Waals surface area contributed by atoms with Crippen molar-refractivity contribution in [3.8, 4) is 0 Å². The number of anilines is 2. The minimum Gasteiger partial charge on any atom is -0.367 e. The molecule has 1 aliphatic carbocycles. The Kier molecular flexibility index (Phi) is 4.56. The molecule has 0 saturated heterocycles. The fourth-order valence-electron chi connectivity index (χ4n) is 2.36. The molecule has 0 bridgehead atoms. The molecule has 4 nitrogen and oxygen atoms in total. The van der Waals surface area contributed by atoms with Gasteiger partial charge in [0.2, 0.25) is 0 Å². The maximum atomic E-state index is 4.45. The molecular formula is C14H22N4. The molecule has 2 N–H and O–H groups in total. The fourth-order valence-corrected chi connectivity index (χ4v) is 2.36. The van der Waals surface area contributed by atoms with Gasteiger partial charge in [0.05, 0.1) is 0 Å². The van der Waals surface area contributed by atoms with Crippen molar-refractivity contribution in [3.05, 3.63) is 24.5 Å². The van der Waals surface area contributed by atoms with Gasteiger partial charge in [-0.05, 0) is 19.8 Å². The van der Waals surface area contributed by atoms with Crippen molar-refractivity contribution in [1.29, 1.82) is 0 Å². The first-order chi connectivity index (χ1) is 8.78. The lowest BCUT2D eigenvalue weighted by Gasteiger charge is -2.23. The van der Waals surface area contributed by atoms with Gasteiger partial charge in [0, 0.05) is 18.7 Å². The van der Waals surface area contributed by atoms with Gasteiger partial charge < -0.3 is 10.6 Å². The van der Waals surface area contributed by atoms with E-state index in [4.69, 9.17) is 0 Å². The van der Waals surface area contributed by atoms with E-state index in [9.17, 15) is 0 Å². The molecule has 0 amide bonds. The fraction of sp³-hybridized carbons (Fsp3) is 0.571. The number of aryl methyl sites for hydroxylation is 1. The summed E-state index contributed by atoms with van der Waals surface area (Å²) in [5.41, 5.74) is 0. The lowest BCUT2D eigenvalue weighted by Crippen LogP contribution is -2.23. The standard InChI is InChI=1S/C14H22N4/c1-3-9-15-13-10-14(17-11(2)16-13)18-12-7-5-4-6-8-12/h3,10,12H,1,4-9H2,2H3,(H2,15,16,17,18). The average Bonchev–Trinajstić information content (AvgIpc) is 2.37. The van der Waals surface area contributed by atoms with Gasteiger partial charge in [-0.15, -0.1) is 6.58 Å². The van der Waals surface area contributed by atoms with E-state index in [1.54, 1.807) is 0 Å². The second-order valence-electron chi connectivity index (χ2n) is 4.83. The first-order valence-electron chi connectivity index (χ1n) is 6.75.